The van der Waals surface area contributed by atoms with Gasteiger partial charge in [-0.2, -0.15) is 0 Å². The Morgan fingerprint density at radius 1 is 1.67 bits per heavy atom. The van der Waals surface area contributed by atoms with Crippen LogP contribution in [0, 0.1) is 0 Å². The first-order chi connectivity index (χ1) is 11.5. The molecule has 2 heterocycles. The minimum Gasteiger partial charge on any atom is -0.476 e. The summed E-state index contributed by atoms with van der Waals surface area (Å²) in [5.41, 5.74) is 0.0777. The van der Waals surface area contributed by atoms with Gasteiger partial charge in [-0.3, -0.25) is 4.79 Å². The van der Waals surface area contributed by atoms with Crippen LogP contribution in [0.5, 0.6) is 0 Å². The second kappa shape index (κ2) is 9.36. The zero-order valence-corrected chi connectivity index (χ0v) is 15.5. The highest BCUT2D eigenvalue weighted by molar-refractivity contribution is 8.01. The lowest BCUT2D eigenvalue weighted by atomic mass is 10.2. The maximum atomic E-state index is 12.1. The lowest BCUT2D eigenvalue weighted by Gasteiger charge is -2.26. The first-order valence-electron chi connectivity index (χ1n) is 7.84. The highest BCUT2D eigenvalue weighted by Crippen LogP contribution is 2.24. The van der Waals surface area contributed by atoms with Crippen molar-refractivity contribution < 1.29 is 19.4 Å². The monoisotopic (exact) mass is 373 g/mol. The third-order valence-corrected chi connectivity index (χ3v) is 5.83. The molecule has 0 spiro atoms. The number of ether oxygens (including phenoxy) is 1. The van der Waals surface area contributed by atoms with Gasteiger partial charge in [0.1, 0.15) is 0 Å². The van der Waals surface area contributed by atoms with E-state index in [4.69, 9.17) is 9.84 Å². The standard InChI is InChI=1S/C15H23N3O4S2/c1-10(8-22-2)16-7-11-3-4-13(19)18(11)5-6-23-15-17-12(9-24-15)14(20)21/h9-11,16H,3-8H2,1-2H3,(H,20,21). The van der Waals surface area contributed by atoms with Gasteiger partial charge in [0.25, 0.3) is 0 Å². The highest BCUT2D eigenvalue weighted by Gasteiger charge is 2.30. The van der Waals surface area contributed by atoms with Crippen LogP contribution in [0.15, 0.2) is 9.72 Å². The lowest BCUT2D eigenvalue weighted by molar-refractivity contribution is -0.128. The van der Waals surface area contributed by atoms with Crippen molar-refractivity contribution in [3.8, 4) is 0 Å². The number of hydrogen-bond acceptors (Lipinski definition) is 7. The molecule has 0 radical (unpaired) electrons. The van der Waals surface area contributed by atoms with E-state index >= 15 is 0 Å². The first kappa shape index (κ1) is 19.2. The SMILES string of the molecule is COCC(C)NCC1CCC(=O)N1CCSc1nc(C(=O)O)cs1. The Hall–Kier alpha value is -1.16. The molecular weight excluding hydrogens is 350 g/mol. The smallest absolute Gasteiger partial charge is 0.355 e. The molecule has 1 saturated heterocycles. The summed E-state index contributed by atoms with van der Waals surface area (Å²) in [4.78, 5) is 28.9. The fraction of sp³-hybridized carbons (Fsp3) is 0.667. The second-order valence-electron chi connectivity index (χ2n) is 5.70. The zero-order valence-electron chi connectivity index (χ0n) is 13.9. The molecule has 2 N–H and O–H groups in total. The van der Waals surface area contributed by atoms with E-state index in [9.17, 15) is 9.59 Å². The summed E-state index contributed by atoms with van der Waals surface area (Å²) < 4.78 is 5.83. The van der Waals surface area contributed by atoms with Crippen LogP contribution in [0.2, 0.25) is 0 Å². The van der Waals surface area contributed by atoms with Crippen molar-refractivity contribution in [3.05, 3.63) is 11.1 Å². The Morgan fingerprint density at radius 2 is 2.46 bits per heavy atom. The fourth-order valence-electron chi connectivity index (χ4n) is 2.61. The lowest BCUT2D eigenvalue weighted by Crippen LogP contribution is -2.44. The van der Waals surface area contributed by atoms with Crippen molar-refractivity contribution in [3.63, 3.8) is 0 Å². The molecule has 0 saturated carbocycles. The minimum absolute atomic E-state index is 0.0777. The van der Waals surface area contributed by atoms with Gasteiger partial charge in [0.05, 0.1) is 6.61 Å². The van der Waals surface area contributed by atoms with Gasteiger partial charge in [-0.25, -0.2) is 9.78 Å². The summed E-state index contributed by atoms with van der Waals surface area (Å²) in [6.45, 7) is 4.12. The predicted molar refractivity (Wildman–Crippen MR) is 93.9 cm³/mol. The highest BCUT2D eigenvalue weighted by atomic mass is 32.2. The Kier molecular flexibility index (Phi) is 7.47. The number of carbonyl (C=O) groups is 2. The van der Waals surface area contributed by atoms with Gasteiger partial charge in [-0.15, -0.1) is 11.3 Å². The summed E-state index contributed by atoms with van der Waals surface area (Å²) >= 11 is 2.81. The molecule has 2 rings (SSSR count). The van der Waals surface area contributed by atoms with Gasteiger partial charge in [0.2, 0.25) is 5.91 Å². The van der Waals surface area contributed by atoms with Gasteiger partial charge in [-0.1, -0.05) is 11.8 Å². The van der Waals surface area contributed by atoms with Gasteiger partial charge >= 0.3 is 5.97 Å². The van der Waals surface area contributed by atoms with Gasteiger partial charge in [0.15, 0.2) is 10.0 Å². The van der Waals surface area contributed by atoms with E-state index in [0.29, 0.717) is 25.3 Å². The van der Waals surface area contributed by atoms with E-state index in [0.717, 1.165) is 17.3 Å². The molecule has 134 valence electrons. The second-order valence-corrected chi connectivity index (χ2v) is 7.90. The van der Waals surface area contributed by atoms with Crippen LogP contribution in [-0.4, -0.2) is 71.5 Å². The third kappa shape index (κ3) is 5.44. The molecule has 1 amide bonds. The number of aromatic carboxylic acids is 1. The molecule has 1 fully saturated rings. The molecule has 1 aliphatic heterocycles. The molecule has 24 heavy (non-hydrogen) atoms. The Labute approximate surface area is 149 Å². The molecular formula is C15H23N3O4S2. The van der Waals surface area contributed by atoms with E-state index in [2.05, 4.69) is 17.2 Å². The van der Waals surface area contributed by atoms with Gasteiger partial charge in [0, 0.05) is 49.8 Å². The number of nitrogens with zero attached hydrogens (tertiary/aromatic N) is 2. The maximum absolute atomic E-state index is 12.1. The number of methoxy groups -OCH3 is 1. The predicted octanol–water partition coefficient (Wildman–Crippen LogP) is 1.55. The average molecular weight is 374 g/mol. The quantitative estimate of drug-likeness (QED) is 0.601. The largest absolute Gasteiger partial charge is 0.476 e. The average Bonchev–Trinajstić information content (AvgIpc) is 3.14. The van der Waals surface area contributed by atoms with Crippen LogP contribution in [0.25, 0.3) is 0 Å². The topological polar surface area (TPSA) is 91.8 Å². The van der Waals surface area contributed by atoms with Crippen LogP contribution >= 0.6 is 23.1 Å². The maximum Gasteiger partial charge on any atom is 0.355 e. The normalized spacial score (nSPS) is 19.0. The van der Waals surface area contributed by atoms with Crippen molar-refractivity contribution in [1.82, 2.24) is 15.2 Å². The number of likely N-dealkylation sites (tertiary alicyclic amines) is 1. The number of aromatic nitrogens is 1. The summed E-state index contributed by atoms with van der Waals surface area (Å²) in [5.74, 6) is -0.112. The van der Waals surface area contributed by atoms with E-state index in [1.165, 1.54) is 28.5 Å². The van der Waals surface area contributed by atoms with E-state index < -0.39 is 5.97 Å². The molecule has 2 atom stereocenters. The number of carboxylic acids is 1. The van der Waals surface area contributed by atoms with Crippen molar-refractivity contribution in [1.29, 1.82) is 0 Å². The summed E-state index contributed by atoms with van der Waals surface area (Å²) in [6.07, 6.45) is 1.46. The number of nitrogens with one attached hydrogen (secondary N) is 1. The van der Waals surface area contributed by atoms with Crippen molar-refractivity contribution in [2.24, 2.45) is 0 Å². The molecule has 0 aliphatic carbocycles. The van der Waals surface area contributed by atoms with E-state index in [1.807, 2.05) is 4.90 Å². The Morgan fingerprint density at radius 3 is 3.12 bits per heavy atom. The van der Waals surface area contributed by atoms with Crippen LogP contribution in [-0.2, 0) is 9.53 Å². The van der Waals surface area contributed by atoms with Crippen molar-refractivity contribution in [2.45, 2.75) is 36.2 Å². The summed E-state index contributed by atoms with van der Waals surface area (Å²) in [6, 6.07) is 0.468. The zero-order chi connectivity index (χ0) is 17.5. The molecule has 0 aromatic carbocycles. The van der Waals surface area contributed by atoms with Crippen molar-refractivity contribution >= 4 is 35.0 Å². The number of hydrogen-bond donors (Lipinski definition) is 2. The van der Waals surface area contributed by atoms with Crippen LogP contribution < -0.4 is 5.32 Å². The molecule has 1 aliphatic rings. The molecule has 0 bridgehead atoms. The molecule has 1 aromatic rings. The van der Waals surface area contributed by atoms with Crippen LogP contribution in [0.3, 0.4) is 0 Å². The summed E-state index contributed by atoms with van der Waals surface area (Å²) in [7, 11) is 1.68. The van der Waals surface area contributed by atoms with E-state index in [1.54, 1.807) is 7.11 Å². The number of rotatable bonds is 10. The van der Waals surface area contributed by atoms with Crippen LogP contribution in [0.4, 0.5) is 0 Å². The molecule has 2 unspecified atom stereocenters. The summed E-state index contributed by atoms with van der Waals surface area (Å²) in [5, 5.41) is 13.8. The van der Waals surface area contributed by atoms with Crippen LogP contribution in [0.1, 0.15) is 30.3 Å². The number of carboxylic acid groups (broad SMARTS) is 1. The van der Waals surface area contributed by atoms with Crippen molar-refractivity contribution in [2.75, 3.05) is 32.6 Å². The Balaban J connectivity index is 1.78. The minimum atomic E-state index is -1.01. The fourth-order valence-corrected chi connectivity index (χ4v) is 4.42. The molecule has 1 aromatic heterocycles. The Bertz CT molecular complexity index is 567. The van der Waals surface area contributed by atoms with E-state index in [-0.39, 0.29) is 23.7 Å². The molecule has 7 nitrogen and oxygen atoms in total. The number of thioether (sulfide) groups is 1. The number of amides is 1. The van der Waals surface area contributed by atoms with Gasteiger partial charge in [-0.05, 0) is 13.3 Å². The number of thiazole rings is 1. The first-order valence-corrected chi connectivity index (χ1v) is 9.71. The van der Waals surface area contributed by atoms with Gasteiger partial charge < -0.3 is 20.1 Å². The number of carbonyl (C=O) groups excluding carboxylic acids is 1. The molecule has 9 heteroatoms. The third-order valence-electron chi connectivity index (χ3n) is 3.83.